The Morgan fingerprint density at radius 1 is 1.78 bits per heavy atom. The number of likely N-dealkylation sites (N-methyl/N-ethyl adjacent to an activating group) is 1. The molecule has 132 valence electrons. The van der Waals surface area contributed by atoms with Gasteiger partial charge in [-0.1, -0.05) is 6.92 Å². The normalized spacial score (nSPS) is 33.6. The number of sulfonamides is 2. The molecule has 1 aromatic heterocycles. The highest BCUT2D eigenvalue weighted by atomic mass is 32.3. The van der Waals surface area contributed by atoms with Gasteiger partial charge in [0.15, 0.2) is 0 Å². The van der Waals surface area contributed by atoms with Gasteiger partial charge < -0.3 is 10.1 Å². The Morgan fingerprint density at radius 2 is 2.52 bits per heavy atom. The van der Waals surface area contributed by atoms with Crippen LogP contribution in [0.15, 0.2) is 14.5 Å². The van der Waals surface area contributed by atoms with Gasteiger partial charge in [0, 0.05) is 43.7 Å². The van der Waals surface area contributed by atoms with Crippen LogP contribution in [0.4, 0.5) is 0 Å². The molecule has 0 amide bonds. The van der Waals surface area contributed by atoms with Gasteiger partial charge in [0.25, 0.3) is 10.0 Å². The molecule has 0 saturated carbocycles. The van der Waals surface area contributed by atoms with Crippen LogP contribution in [0.25, 0.3) is 0 Å². The van der Waals surface area contributed by atoms with E-state index < -0.39 is 79.1 Å². The van der Waals surface area contributed by atoms with Crippen LogP contribution < -0.4 is 10.5 Å². The molecule has 0 radical (unpaired) electrons. The van der Waals surface area contributed by atoms with E-state index in [1.807, 2.05) is 0 Å². The SMILES string of the molecule is [2H]c1c(S(N)(=O)=O)sc2c1[C@@]([2H])(NCC)C([2H])([2H])N(C([2H])([2H])CCOC([2H])([2H])[2H])S2(=O)=O. The second kappa shape index (κ2) is 7.13. The van der Waals surface area contributed by atoms with Crippen LogP contribution in [0.5, 0.6) is 0 Å². The molecule has 0 fully saturated rings. The molecule has 23 heavy (non-hydrogen) atoms. The molecule has 0 spiro atoms. The predicted octanol–water partition coefficient (Wildman–Crippen LogP) is 0.0869. The van der Waals surface area contributed by atoms with Crippen molar-refractivity contribution in [1.29, 1.82) is 0 Å². The number of nitrogens with one attached hydrogen (secondary N) is 1. The molecule has 0 unspecified atom stereocenters. The van der Waals surface area contributed by atoms with Crippen molar-refractivity contribution in [3.8, 4) is 0 Å². The highest BCUT2D eigenvalue weighted by Gasteiger charge is 2.39. The summed E-state index contributed by atoms with van der Waals surface area (Å²) in [6.07, 6.45) is -0.928. The fourth-order valence-corrected chi connectivity index (χ4v) is 5.36. The van der Waals surface area contributed by atoms with Crippen molar-refractivity contribution in [2.24, 2.45) is 5.14 Å². The summed E-state index contributed by atoms with van der Waals surface area (Å²) in [5, 5.41) is 7.43. The maximum absolute atomic E-state index is 13.3. The first-order valence-electron chi connectivity index (χ1n) is 10.8. The summed E-state index contributed by atoms with van der Waals surface area (Å²) < 4.78 is 124. The van der Waals surface area contributed by atoms with Crippen molar-refractivity contribution in [1.82, 2.24) is 9.62 Å². The van der Waals surface area contributed by atoms with E-state index >= 15 is 0 Å². The molecular weight excluding hydrogens is 362 g/mol. The summed E-state index contributed by atoms with van der Waals surface area (Å²) in [5.41, 5.74) is -0.816. The summed E-state index contributed by atoms with van der Waals surface area (Å²) in [5.74, 6) is 0. The number of primary sulfonamides is 1. The van der Waals surface area contributed by atoms with E-state index in [2.05, 4.69) is 10.1 Å². The number of ether oxygens (including phenoxy) is 1. The lowest BCUT2D eigenvalue weighted by Crippen LogP contribution is -2.43. The Balaban J connectivity index is 2.80. The molecule has 0 bridgehead atoms. The van der Waals surface area contributed by atoms with Crippen LogP contribution in [0, 0.1) is 0 Å². The fraction of sp³-hybridized carbons (Fsp3) is 0.667. The van der Waals surface area contributed by atoms with E-state index in [1.165, 1.54) is 6.92 Å². The lowest BCUT2D eigenvalue weighted by Gasteiger charge is -2.32. The number of nitrogens with two attached hydrogens (primary N) is 1. The zero-order valence-corrected chi connectivity index (χ0v) is 14.4. The second-order valence-corrected chi connectivity index (χ2v) is 9.02. The number of rotatable bonds is 7. The average molecular weight is 393 g/mol. The van der Waals surface area contributed by atoms with Crippen molar-refractivity contribution < 1.29 is 33.9 Å². The van der Waals surface area contributed by atoms with Gasteiger partial charge in [0.2, 0.25) is 10.0 Å². The number of hydrogen-bond donors (Lipinski definition) is 2. The average Bonchev–Trinajstić information content (AvgIpc) is 2.90. The van der Waals surface area contributed by atoms with Crippen LogP contribution >= 0.6 is 11.3 Å². The molecular formula is C12H21N3O5S3. The van der Waals surface area contributed by atoms with E-state index in [4.69, 9.17) is 17.5 Å². The van der Waals surface area contributed by atoms with Crippen LogP contribution in [0.1, 0.15) is 37.3 Å². The Kier molecular flexibility index (Phi) is 3.04. The van der Waals surface area contributed by atoms with Gasteiger partial charge >= 0.3 is 0 Å². The zero-order chi connectivity index (χ0) is 25.1. The molecule has 1 aromatic rings. The molecule has 1 aliphatic rings. The van der Waals surface area contributed by atoms with E-state index in [1.54, 1.807) is 0 Å². The van der Waals surface area contributed by atoms with Crippen LogP contribution in [0.2, 0.25) is 0 Å². The Morgan fingerprint density at radius 3 is 3.13 bits per heavy atom. The Labute approximate surface area is 153 Å². The molecule has 1 aliphatic heterocycles. The van der Waals surface area contributed by atoms with Crippen molar-refractivity contribution in [3.05, 3.63) is 11.6 Å². The Hall–Kier alpha value is -0.560. The number of hydrogen-bond acceptors (Lipinski definition) is 7. The molecule has 2 rings (SSSR count). The minimum absolute atomic E-state index is 0.00801. The van der Waals surface area contributed by atoms with Crippen molar-refractivity contribution in [2.45, 2.75) is 27.8 Å². The van der Waals surface area contributed by atoms with Gasteiger partial charge in [-0.05, 0) is 19.0 Å². The van der Waals surface area contributed by atoms with E-state index in [-0.39, 0.29) is 22.2 Å². The topological polar surface area (TPSA) is 119 Å². The summed E-state index contributed by atoms with van der Waals surface area (Å²) in [6, 6.07) is -3.79. The van der Waals surface area contributed by atoms with Crippen molar-refractivity contribution in [2.75, 3.05) is 33.2 Å². The number of nitrogens with zero attached hydrogens (tertiary/aromatic N) is 1. The second-order valence-electron chi connectivity index (χ2n) is 4.27. The lowest BCUT2D eigenvalue weighted by molar-refractivity contribution is 0.185. The third-order valence-corrected chi connectivity index (χ3v) is 7.12. The minimum atomic E-state index is -5.16. The van der Waals surface area contributed by atoms with Gasteiger partial charge in [0.1, 0.15) is 8.42 Å². The Bertz CT molecular complexity index is 1100. The zero-order valence-electron chi connectivity index (χ0n) is 20.9. The molecule has 2 heterocycles. The van der Waals surface area contributed by atoms with Crippen LogP contribution in [-0.4, -0.2) is 54.3 Å². The third-order valence-electron chi connectivity index (χ3n) is 2.63. The number of fused-ring (bicyclic) bond motifs is 1. The largest absolute Gasteiger partial charge is 0.385 e. The highest BCUT2D eigenvalue weighted by Crippen LogP contribution is 2.39. The number of thiophene rings is 1. The monoisotopic (exact) mass is 392 g/mol. The van der Waals surface area contributed by atoms with Crippen molar-refractivity contribution in [3.63, 3.8) is 0 Å². The lowest BCUT2D eigenvalue weighted by atomic mass is 10.1. The summed E-state index contributed by atoms with van der Waals surface area (Å²) in [6.45, 7) is -6.02. The maximum Gasteiger partial charge on any atom is 0.252 e. The standard InChI is InChI=1S/C12H21N3O5S3/c1-3-14-10-8-15(5-4-6-20-2)23(18,19)12-9(10)7-11(21-12)22(13,16)17/h7,10,14H,3-6,8H2,1-2H3,(H2,13,16,17)/t10-/m0/s1/i2D3,5D2,7D,8D2,10D. The summed E-state index contributed by atoms with van der Waals surface area (Å²) in [4.78, 5) is 0. The third kappa shape index (κ3) is 3.92. The van der Waals surface area contributed by atoms with Gasteiger partial charge in [0.05, 0.1) is 6.85 Å². The van der Waals surface area contributed by atoms with Gasteiger partial charge in [-0.15, -0.1) is 11.3 Å². The molecule has 1 atom stereocenters. The highest BCUT2D eigenvalue weighted by molar-refractivity contribution is 7.94. The van der Waals surface area contributed by atoms with E-state index in [0.717, 1.165) is 0 Å². The molecule has 0 aromatic carbocycles. The molecule has 11 heteroatoms. The summed E-state index contributed by atoms with van der Waals surface area (Å²) >= 11 is 0.00801. The quantitative estimate of drug-likeness (QED) is 0.679. The first-order valence-corrected chi connectivity index (χ1v) is 10.1. The fourth-order valence-electron chi connectivity index (χ4n) is 1.72. The molecule has 0 saturated heterocycles. The minimum Gasteiger partial charge on any atom is -0.385 e. The molecule has 3 N–H and O–H groups in total. The van der Waals surface area contributed by atoms with Crippen LogP contribution in [-0.2, 0) is 24.8 Å². The van der Waals surface area contributed by atoms with Gasteiger partial charge in [-0.3, -0.25) is 0 Å². The van der Waals surface area contributed by atoms with E-state index in [0.29, 0.717) is 0 Å². The van der Waals surface area contributed by atoms with Crippen molar-refractivity contribution >= 4 is 31.4 Å². The predicted molar refractivity (Wildman–Crippen MR) is 87.4 cm³/mol. The smallest absolute Gasteiger partial charge is 0.252 e. The van der Waals surface area contributed by atoms with Gasteiger partial charge in [-0.2, -0.15) is 4.31 Å². The first-order chi connectivity index (χ1) is 14.1. The molecule has 8 nitrogen and oxygen atoms in total. The molecule has 0 aliphatic carbocycles. The summed E-state index contributed by atoms with van der Waals surface area (Å²) in [7, 11) is -12.7. The van der Waals surface area contributed by atoms with E-state index in [9.17, 15) is 16.8 Å². The first kappa shape index (κ1) is 9.80. The van der Waals surface area contributed by atoms with Crippen LogP contribution in [0.3, 0.4) is 0 Å². The number of methoxy groups -OCH3 is 1. The van der Waals surface area contributed by atoms with Gasteiger partial charge in [-0.25, -0.2) is 22.0 Å². The maximum atomic E-state index is 13.3.